The second-order valence-corrected chi connectivity index (χ2v) is 9.14. The Labute approximate surface area is 174 Å². The standard InChI is InChI=1S/C21H29N4O3P/c1-14(2)11-13-27-22-12-10-15(3)23-19(26)17-8-6-16(7-9-17)18-24-20(28-25-18)21(4,5)29/h6-9,11-12,15H,10,13,29H2,1-5H3,(H,23,26)/b22-12+. The smallest absolute Gasteiger partial charge is 0.251 e. The molecule has 2 atom stereocenters. The number of nitrogens with zero attached hydrogens (tertiary/aromatic N) is 3. The van der Waals surface area contributed by atoms with Crippen molar-refractivity contribution in [3.63, 3.8) is 0 Å². The van der Waals surface area contributed by atoms with E-state index >= 15 is 0 Å². The minimum Gasteiger partial charge on any atom is -0.392 e. The molecule has 2 unspecified atom stereocenters. The molecule has 0 saturated heterocycles. The molecule has 0 spiro atoms. The second-order valence-electron chi connectivity index (χ2n) is 7.70. The predicted octanol–water partition coefficient (Wildman–Crippen LogP) is 4.32. The summed E-state index contributed by atoms with van der Waals surface area (Å²) < 4.78 is 5.30. The highest BCUT2D eigenvalue weighted by atomic mass is 31.0. The number of rotatable bonds is 9. The van der Waals surface area contributed by atoms with E-state index in [9.17, 15) is 4.79 Å². The molecule has 29 heavy (non-hydrogen) atoms. The maximum atomic E-state index is 12.4. The lowest BCUT2D eigenvalue weighted by atomic mass is 10.1. The molecule has 0 aliphatic carbocycles. The third-order valence-electron chi connectivity index (χ3n) is 3.93. The number of benzene rings is 1. The van der Waals surface area contributed by atoms with E-state index in [1.54, 1.807) is 18.3 Å². The van der Waals surface area contributed by atoms with Crippen molar-refractivity contribution in [2.24, 2.45) is 5.16 Å². The number of oxime groups is 1. The zero-order chi connectivity index (χ0) is 21.4. The van der Waals surface area contributed by atoms with Crippen molar-refractivity contribution < 1.29 is 14.2 Å². The Morgan fingerprint density at radius 2 is 2.03 bits per heavy atom. The average molecular weight is 416 g/mol. The van der Waals surface area contributed by atoms with Gasteiger partial charge in [-0.3, -0.25) is 4.79 Å². The zero-order valence-corrected chi connectivity index (χ0v) is 18.8. The molecule has 1 N–H and O–H groups in total. The van der Waals surface area contributed by atoms with E-state index in [2.05, 4.69) is 29.9 Å². The lowest BCUT2D eigenvalue weighted by Gasteiger charge is -2.11. The van der Waals surface area contributed by atoms with E-state index in [1.165, 1.54) is 5.57 Å². The van der Waals surface area contributed by atoms with Gasteiger partial charge in [0.2, 0.25) is 11.7 Å². The summed E-state index contributed by atoms with van der Waals surface area (Å²) in [5, 5.41) is 10.5. The molecule has 1 aromatic carbocycles. The van der Waals surface area contributed by atoms with E-state index in [-0.39, 0.29) is 17.1 Å². The minimum absolute atomic E-state index is 0.0676. The Kier molecular flexibility index (Phi) is 8.09. The topological polar surface area (TPSA) is 89.6 Å². The van der Waals surface area contributed by atoms with Gasteiger partial charge in [-0.05, 0) is 52.8 Å². The molecule has 0 radical (unpaired) electrons. The molecule has 0 aliphatic heterocycles. The maximum Gasteiger partial charge on any atom is 0.251 e. The molecule has 1 aromatic heterocycles. The third kappa shape index (κ3) is 7.42. The highest BCUT2D eigenvalue weighted by Gasteiger charge is 2.22. The molecule has 2 rings (SSSR count). The van der Waals surface area contributed by atoms with Crippen molar-refractivity contribution >= 4 is 21.4 Å². The summed E-state index contributed by atoms with van der Waals surface area (Å²) in [6.45, 7) is 10.3. The van der Waals surface area contributed by atoms with Crippen LogP contribution in [0.5, 0.6) is 0 Å². The Balaban J connectivity index is 1.87. The summed E-state index contributed by atoms with van der Waals surface area (Å²) in [6.07, 6.45) is 4.19. The third-order valence-corrected chi connectivity index (χ3v) is 4.18. The summed E-state index contributed by atoms with van der Waals surface area (Å²) in [5.74, 6) is 0.891. The number of carbonyl (C=O) groups is 1. The normalized spacial score (nSPS) is 12.6. The minimum atomic E-state index is -0.290. The van der Waals surface area contributed by atoms with Gasteiger partial charge in [-0.15, -0.1) is 9.24 Å². The number of carbonyl (C=O) groups excluding carboxylic acids is 1. The van der Waals surface area contributed by atoms with Crippen LogP contribution >= 0.6 is 9.24 Å². The Morgan fingerprint density at radius 1 is 1.34 bits per heavy atom. The molecule has 0 aliphatic rings. The fourth-order valence-corrected chi connectivity index (χ4v) is 2.36. The molecule has 2 aromatic rings. The SMILES string of the molecule is CC(C)=CCO/N=C/CC(C)NC(=O)c1ccc(-c2noc(C(C)(C)P)n2)cc1. The van der Waals surface area contributed by atoms with Gasteiger partial charge < -0.3 is 14.7 Å². The molecule has 7 nitrogen and oxygen atoms in total. The zero-order valence-electron chi connectivity index (χ0n) is 17.6. The van der Waals surface area contributed by atoms with Gasteiger partial charge >= 0.3 is 0 Å². The number of hydrogen-bond donors (Lipinski definition) is 1. The quantitative estimate of drug-likeness (QED) is 0.216. The van der Waals surface area contributed by atoms with Crippen LogP contribution in [0, 0.1) is 0 Å². The van der Waals surface area contributed by atoms with Crippen molar-refractivity contribution in [2.45, 2.75) is 52.2 Å². The highest BCUT2D eigenvalue weighted by molar-refractivity contribution is 7.18. The summed E-state index contributed by atoms with van der Waals surface area (Å²) in [6, 6.07) is 7.04. The number of hydrogen-bond acceptors (Lipinski definition) is 6. The van der Waals surface area contributed by atoms with Crippen molar-refractivity contribution in [1.82, 2.24) is 15.5 Å². The van der Waals surface area contributed by atoms with Crippen molar-refractivity contribution in [2.75, 3.05) is 6.61 Å². The number of nitrogens with one attached hydrogen (secondary N) is 1. The van der Waals surface area contributed by atoms with Crippen LogP contribution in [-0.2, 0) is 9.99 Å². The molecule has 1 amide bonds. The molecule has 0 saturated carbocycles. The van der Waals surface area contributed by atoms with Crippen LogP contribution in [0.4, 0.5) is 0 Å². The van der Waals surface area contributed by atoms with E-state index in [4.69, 9.17) is 9.36 Å². The van der Waals surface area contributed by atoms with Gasteiger partial charge in [-0.2, -0.15) is 4.98 Å². The van der Waals surface area contributed by atoms with Crippen LogP contribution in [0.1, 0.15) is 57.3 Å². The first-order chi connectivity index (χ1) is 13.7. The van der Waals surface area contributed by atoms with E-state index in [0.29, 0.717) is 30.3 Å². The van der Waals surface area contributed by atoms with Crippen LogP contribution in [0.3, 0.4) is 0 Å². The predicted molar refractivity (Wildman–Crippen MR) is 118 cm³/mol. The largest absolute Gasteiger partial charge is 0.392 e. The molecule has 8 heteroatoms. The van der Waals surface area contributed by atoms with E-state index in [1.807, 2.05) is 52.8 Å². The van der Waals surface area contributed by atoms with Crippen LogP contribution in [-0.4, -0.2) is 34.9 Å². The van der Waals surface area contributed by atoms with Gasteiger partial charge in [0.05, 0.1) is 5.16 Å². The lowest BCUT2D eigenvalue weighted by molar-refractivity contribution is 0.0941. The van der Waals surface area contributed by atoms with Crippen molar-refractivity contribution in [1.29, 1.82) is 0 Å². The number of amides is 1. The molecule has 0 fully saturated rings. The molecular formula is C21H29N4O3P. The van der Waals surface area contributed by atoms with Crippen molar-refractivity contribution in [3.8, 4) is 11.4 Å². The van der Waals surface area contributed by atoms with Gasteiger partial charge in [0, 0.05) is 29.8 Å². The van der Waals surface area contributed by atoms with Crippen LogP contribution in [0.2, 0.25) is 0 Å². The number of aromatic nitrogens is 2. The molecule has 156 valence electrons. The summed E-state index contributed by atoms with van der Waals surface area (Å²) >= 11 is 0. The summed E-state index contributed by atoms with van der Waals surface area (Å²) in [5.41, 5.74) is 2.53. The van der Waals surface area contributed by atoms with Crippen molar-refractivity contribution in [3.05, 3.63) is 47.4 Å². The first-order valence-electron chi connectivity index (χ1n) is 9.48. The molecular weight excluding hydrogens is 387 g/mol. The second kappa shape index (κ2) is 10.3. The van der Waals surface area contributed by atoms with Gasteiger partial charge in [0.1, 0.15) is 6.61 Å². The van der Waals surface area contributed by atoms with Gasteiger partial charge in [-0.1, -0.05) is 28.0 Å². The molecule has 1 heterocycles. The van der Waals surface area contributed by atoms with Crippen LogP contribution < -0.4 is 5.32 Å². The Bertz CT molecular complexity index is 863. The lowest BCUT2D eigenvalue weighted by Crippen LogP contribution is -2.32. The maximum absolute atomic E-state index is 12.4. The monoisotopic (exact) mass is 416 g/mol. The highest BCUT2D eigenvalue weighted by Crippen LogP contribution is 2.30. The first-order valence-corrected chi connectivity index (χ1v) is 10.1. The van der Waals surface area contributed by atoms with Crippen LogP contribution in [0.25, 0.3) is 11.4 Å². The van der Waals surface area contributed by atoms with Gasteiger partial charge in [0.25, 0.3) is 5.91 Å². The van der Waals surface area contributed by atoms with E-state index in [0.717, 1.165) is 5.56 Å². The van der Waals surface area contributed by atoms with Gasteiger partial charge in [0.15, 0.2) is 0 Å². The van der Waals surface area contributed by atoms with Crippen LogP contribution in [0.15, 0.2) is 45.6 Å². The Morgan fingerprint density at radius 3 is 2.62 bits per heavy atom. The van der Waals surface area contributed by atoms with E-state index < -0.39 is 0 Å². The Hall–Kier alpha value is -2.53. The number of allylic oxidation sites excluding steroid dienone is 1. The molecule has 0 bridgehead atoms. The summed E-state index contributed by atoms with van der Waals surface area (Å²) in [4.78, 5) is 21.9. The average Bonchev–Trinajstić information content (AvgIpc) is 3.15. The first kappa shape index (κ1) is 22.8. The fourth-order valence-electron chi connectivity index (χ4n) is 2.24. The summed E-state index contributed by atoms with van der Waals surface area (Å²) in [7, 11) is 2.67. The fraction of sp³-hybridized carbons (Fsp3) is 0.429. The van der Waals surface area contributed by atoms with Gasteiger partial charge in [-0.25, -0.2) is 0 Å².